The van der Waals surface area contributed by atoms with Crippen LogP contribution < -0.4 is 5.73 Å². The van der Waals surface area contributed by atoms with Crippen LogP contribution in [0.5, 0.6) is 0 Å². The van der Waals surface area contributed by atoms with Gasteiger partial charge in [0.2, 0.25) is 0 Å². The maximum Gasteiger partial charge on any atom is 0.305 e. The van der Waals surface area contributed by atoms with Crippen LogP contribution in [0.3, 0.4) is 0 Å². The molecule has 0 saturated carbocycles. The minimum Gasteiger partial charge on any atom is -0.481 e. The zero-order valence-electron chi connectivity index (χ0n) is 11.3. The molecule has 0 saturated heterocycles. The van der Waals surface area contributed by atoms with Gasteiger partial charge in [-0.15, -0.1) is 0 Å². The summed E-state index contributed by atoms with van der Waals surface area (Å²) < 4.78 is 11.2. The standard InChI is InChI=1S/C12H25NO4/c1-11(2,6-7-13)17-9-12(3,4)16-8-5-10(14)15/h5-9,13H2,1-4H3,(H,14,15). The number of nitrogens with two attached hydrogens (primary N) is 1. The lowest BCUT2D eigenvalue weighted by Crippen LogP contribution is -2.38. The summed E-state index contributed by atoms with van der Waals surface area (Å²) in [7, 11) is 0. The fraction of sp³-hybridized carbons (Fsp3) is 0.917. The highest BCUT2D eigenvalue weighted by atomic mass is 16.6. The molecule has 0 spiro atoms. The molecule has 0 radical (unpaired) electrons. The Bertz CT molecular complexity index is 239. The topological polar surface area (TPSA) is 81.8 Å². The summed E-state index contributed by atoms with van der Waals surface area (Å²) in [5.74, 6) is -0.856. The first-order chi connectivity index (χ1) is 7.68. The van der Waals surface area contributed by atoms with Crippen LogP contribution in [0.1, 0.15) is 40.5 Å². The molecule has 0 rings (SSSR count). The Morgan fingerprint density at radius 1 is 1.18 bits per heavy atom. The smallest absolute Gasteiger partial charge is 0.305 e. The van der Waals surface area contributed by atoms with Crippen molar-refractivity contribution in [3.8, 4) is 0 Å². The molecular formula is C12H25NO4. The summed E-state index contributed by atoms with van der Waals surface area (Å²) in [5, 5.41) is 8.51. The molecule has 0 amide bonds. The number of aliphatic carboxylic acids is 1. The van der Waals surface area contributed by atoms with E-state index in [1.807, 2.05) is 27.7 Å². The molecular weight excluding hydrogens is 222 g/mol. The van der Waals surface area contributed by atoms with E-state index in [1.165, 1.54) is 0 Å². The Kier molecular flexibility index (Phi) is 6.67. The van der Waals surface area contributed by atoms with E-state index in [-0.39, 0.29) is 18.6 Å². The Labute approximate surface area is 103 Å². The second kappa shape index (κ2) is 6.93. The molecule has 0 unspecified atom stereocenters. The van der Waals surface area contributed by atoms with Crippen molar-refractivity contribution in [3.63, 3.8) is 0 Å². The maximum absolute atomic E-state index is 10.4. The van der Waals surface area contributed by atoms with Crippen molar-refractivity contribution < 1.29 is 19.4 Å². The van der Waals surface area contributed by atoms with Crippen LogP contribution >= 0.6 is 0 Å². The molecule has 0 aromatic carbocycles. The van der Waals surface area contributed by atoms with E-state index in [0.717, 1.165) is 6.42 Å². The van der Waals surface area contributed by atoms with E-state index in [9.17, 15) is 4.79 Å². The number of hydrogen-bond acceptors (Lipinski definition) is 4. The fourth-order valence-corrected chi connectivity index (χ4v) is 1.25. The Morgan fingerprint density at radius 2 is 1.76 bits per heavy atom. The number of carboxylic acid groups (broad SMARTS) is 1. The molecule has 0 bridgehead atoms. The molecule has 102 valence electrons. The molecule has 0 atom stereocenters. The first-order valence-corrected chi connectivity index (χ1v) is 5.88. The van der Waals surface area contributed by atoms with Crippen molar-refractivity contribution in [2.24, 2.45) is 5.73 Å². The van der Waals surface area contributed by atoms with Crippen LogP contribution in [-0.4, -0.2) is 42.0 Å². The summed E-state index contributed by atoms with van der Waals surface area (Å²) in [6.07, 6.45) is 0.786. The number of carbonyl (C=O) groups is 1. The van der Waals surface area contributed by atoms with Gasteiger partial charge in [-0.1, -0.05) is 0 Å². The molecule has 0 aliphatic rings. The summed E-state index contributed by atoms with van der Waals surface area (Å²) >= 11 is 0. The van der Waals surface area contributed by atoms with Crippen molar-refractivity contribution in [2.75, 3.05) is 19.8 Å². The monoisotopic (exact) mass is 247 g/mol. The van der Waals surface area contributed by atoms with Crippen molar-refractivity contribution in [1.82, 2.24) is 0 Å². The largest absolute Gasteiger partial charge is 0.481 e. The third-order valence-electron chi connectivity index (χ3n) is 2.37. The predicted octanol–water partition coefficient (Wildman–Crippen LogP) is 1.40. The molecule has 3 N–H and O–H groups in total. The minimum atomic E-state index is -0.856. The third kappa shape index (κ3) is 9.09. The zero-order valence-corrected chi connectivity index (χ0v) is 11.3. The average molecular weight is 247 g/mol. The fourth-order valence-electron chi connectivity index (χ4n) is 1.25. The van der Waals surface area contributed by atoms with Crippen LogP contribution in [0.15, 0.2) is 0 Å². The SMILES string of the molecule is CC(C)(CCN)OCC(C)(C)OCCC(=O)O. The normalized spacial score (nSPS) is 12.8. The lowest BCUT2D eigenvalue weighted by atomic mass is 10.0. The lowest BCUT2D eigenvalue weighted by molar-refractivity contribution is -0.144. The van der Waals surface area contributed by atoms with Gasteiger partial charge in [0.15, 0.2) is 0 Å². The highest BCUT2D eigenvalue weighted by Crippen LogP contribution is 2.18. The molecule has 5 nitrogen and oxygen atoms in total. The number of hydrogen-bond donors (Lipinski definition) is 2. The first-order valence-electron chi connectivity index (χ1n) is 5.88. The van der Waals surface area contributed by atoms with Gasteiger partial charge in [0, 0.05) is 0 Å². The van der Waals surface area contributed by atoms with E-state index in [4.69, 9.17) is 20.3 Å². The maximum atomic E-state index is 10.4. The van der Waals surface area contributed by atoms with Gasteiger partial charge in [-0.05, 0) is 40.7 Å². The molecule has 0 aliphatic heterocycles. The lowest BCUT2D eigenvalue weighted by Gasteiger charge is -2.31. The van der Waals surface area contributed by atoms with Gasteiger partial charge < -0.3 is 20.3 Å². The van der Waals surface area contributed by atoms with Gasteiger partial charge in [0.25, 0.3) is 0 Å². The zero-order chi connectivity index (χ0) is 13.5. The van der Waals surface area contributed by atoms with Gasteiger partial charge in [-0.2, -0.15) is 0 Å². The average Bonchev–Trinajstić information content (AvgIpc) is 2.14. The van der Waals surface area contributed by atoms with Crippen LogP contribution in [-0.2, 0) is 14.3 Å². The molecule has 0 heterocycles. The Morgan fingerprint density at radius 3 is 2.24 bits per heavy atom. The second-order valence-electron chi connectivity index (χ2n) is 5.34. The summed E-state index contributed by atoms with van der Waals surface area (Å²) in [5.41, 5.74) is 4.73. The van der Waals surface area contributed by atoms with Gasteiger partial charge in [0.05, 0.1) is 30.8 Å². The molecule has 0 aliphatic carbocycles. The summed E-state index contributed by atoms with van der Waals surface area (Å²) in [6.45, 7) is 8.91. The van der Waals surface area contributed by atoms with E-state index in [2.05, 4.69) is 0 Å². The van der Waals surface area contributed by atoms with Crippen molar-refractivity contribution in [2.45, 2.75) is 51.7 Å². The highest BCUT2D eigenvalue weighted by Gasteiger charge is 2.25. The third-order valence-corrected chi connectivity index (χ3v) is 2.37. The van der Waals surface area contributed by atoms with Crippen LogP contribution in [0, 0.1) is 0 Å². The Hall–Kier alpha value is -0.650. The molecule has 0 aromatic rings. The number of ether oxygens (including phenoxy) is 2. The van der Waals surface area contributed by atoms with Gasteiger partial charge in [-0.3, -0.25) is 4.79 Å². The molecule has 0 fully saturated rings. The van der Waals surface area contributed by atoms with Gasteiger partial charge in [-0.25, -0.2) is 0 Å². The van der Waals surface area contributed by atoms with Gasteiger partial charge >= 0.3 is 5.97 Å². The van der Waals surface area contributed by atoms with Crippen molar-refractivity contribution in [1.29, 1.82) is 0 Å². The highest BCUT2D eigenvalue weighted by molar-refractivity contribution is 5.66. The second-order valence-corrected chi connectivity index (χ2v) is 5.34. The van der Waals surface area contributed by atoms with E-state index >= 15 is 0 Å². The van der Waals surface area contributed by atoms with E-state index in [1.54, 1.807) is 0 Å². The molecule has 0 aromatic heterocycles. The van der Waals surface area contributed by atoms with Crippen LogP contribution in [0.25, 0.3) is 0 Å². The minimum absolute atomic E-state index is 0.00955. The quantitative estimate of drug-likeness (QED) is 0.643. The van der Waals surface area contributed by atoms with E-state index < -0.39 is 11.6 Å². The molecule has 17 heavy (non-hydrogen) atoms. The van der Waals surface area contributed by atoms with Crippen LogP contribution in [0.4, 0.5) is 0 Å². The number of carboxylic acids is 1. The first kappa shape index (κ1) is 16.4. The van der Waals surface area contributed by atoms with Crippen molar-refractivity contribution in [3.05, 3.63) is 0 Å². The Balaban J connectivity index is 3.95. The van der Waals surface area contributed by atoms with Crippen LogP contribution in [0.2, 0.25) is 0 Å². The van der Waals surface area contributed by atoms with Crippen molar-refractivity contribution >= 4 is 5.97 Å². The summed E-state index contributed by atoms with van der Waals surface area (Å²) in [6, 6.07) is 0. The predicted molar refractivity (Wildman–Crippen MR) is 66.0 cm³/mol. The van der Waals surface area contributed by atoms with Gasteiger partial charge in [0.1, 0.15) is 0 Å². The summed E-state index contributed by atoms with van der Waals surface area (Å²) in [4.78, 5) is 10.4. The van der Waals surface area contributed by atoms with E-state index in [0.29, 0.717) is 13.2 Å². The number of rotatable bonds is 9. The molecule has 5 heteroatoms.